The third-order valence-corrected chi connectivity index (χ3v) is 7.11. The number of hydrogen-bond donors (Lipinski definition) is 1. The van der Waals surface area contributed by atoms with Crippen molar-refractivity contribution in [3.8, 4) is 0 Å². The molecule has 0 bridgehead atoms. The van der Waals surface area contributed by atoms with Gasteiger partial charge < -0.3 is 5.32 Å². The Hall–Kier alpha value is -2.82. The van der Waals surface area contributed by atoms with Gasteiger partial charge in [-0.3, -0.25) is 9.59 Å². The molecule has 1 heterocycles. The van der Waals surface area contributed by atoms with Crippen LogP contribution in [0.25, 0.3) is 10.9 Å². The van der Waals surface area contributed by atoms with Gasteiger partial charge in [-0.05, 0) is 30.3 Å². The summed E-state index contributed by atoms with van der Waals surface area (Å²) in [7, 11) is -3.70. The minimum absolute atomic E-state index is 0.0115. The number of carbonyl (C=O) groups is 1. The van der Waals surface area contributed by atoms with Crippen LogP contribution in [0.2, 0.25) is 5.02 Å². The Morgan fingerprint density at radius 2 is 1.87 bits per heavy atom. The fourth-order valence-corrected chi connectivity index (χ4v) is 4.71. The molecule has 0 fully saturated rings. The van der Waals surface area contributed by atoms with Crippen LogP contribution in [0.3, 0.4) is 0 Å². The summed E-state index contributed by atoms with van der Waals surface area (Å²) in [5.41, 5.74) is 0.312. The van der Waals surface area contributed by atoms with Gasteiger partial charge in [0.05, 0.1) is 27.5 Å². The molecule has 0 aliphatic rings. The molecule has 0 saturated carbocycles. The first-order chi connectivity index (χ1) is 14.8. The molecule has 1 amide bonds. The summed E-state index contributed by atoms with van der Waals surface area (Å²) in [6.45, 7) is 4.15. The van der Waals surface area contributed by atoms with E-state index >= 15 is 0 Å². The predicted molar refractivity (Wildman–Crippen MR) is 119 cm³/mol. The van der Waals surface area contributed by atoms with E-state index in [0.717, 1.165) is 4.68 Å². The predicted octanol–water partition coefficient (Wildman–Crippen LogP) is 2.50. The van der Waals surface area contributed by atoms with Gasteiger partial charge in [-0.1, -0.05) is 42.8 Å². The lowest BCUT2D eigenvalue weighted by Gasteiger charge is -2.19. The SMILES string of the molecule is CCN(CC)S(=O)(=O)c1ccc(Cl)c(NC(=O)CCn2nnc3ccccc3c2=O)c1. The third kappa shape index (κ3) is 4.92. The molecule has 0 aliphatic carbocycles. The Morgan fingerprint density at radius 1 is 1.16 bits per heavy atom. The van der Waals surface area contributed by atoms with Crippen molar-refractivity contribution in [3.05, 3.63) is 57.8 Å². The van der Waals surface area contributed by atoms with Crippen molar-refractivity contribution in [1.82, 2.24) is 19.3 Å². The average molecular weight is 464 g/mol. The zero-order valence-corrected chi connectivity index (χ0v) is 18.7. The second-order valence-corrected chi connectivity index (χ2v) is 9.01. The van der Waals surface area contributed by atoms with Gasteiger partial charge in [0.25, 0.3) is 5.56 Å². The summed E-state index contributed by atoms with van der Waals surface area (Å²) in [5, 5.41) is 11.1. The van der Waals surface area contributed by atoms with Gasteiger partial charge in [-0.25, -0.2) is 13.1 Å². The highest BCUT2D eigenvalue weighted by molar-refractivity contribution is 7.89. The Balaban J connectivity index is 1.75. The van der Waals surface area contributed by atoms with Gasteiger partial charge in [0, 0.05) is 19.5 Å². The summed E-state index contributed by atoms with van der Waals surface area (Å²) in [4.78, 5) is 24.9. The lowest BCUT2D eigenvalue weighted by molar-refractivity contribution is -0.116. The number of halogens is 1. The lowest BCUT2D eigenvalue weighted by Crippen LogP contribution is -2.30. The maximum Gasteiger partial charge on any atom is 0.277 e. The summed E-state index contributed by atoms with van der Waals surface area (Å²) in [6, 6.07) is 11.0. The van der Waals surface area contributed by atoms with E-state index in [2.05, 4.69) is 15.6 Å². The maximum atomic E-state index is 12.7. The first-order valence-corrected chi connectivity index (χ1v) is 11.5. The number of rotatable bonds is 8. The van der Waals surface area contributed by atoms with E-state index in [0.29, 0.717) is 24.0 Å². The number of benzene rings is 2. The van der Waals surface area contributed by atoms with Crippen molar-refractivity contribution in [2.24, 2.45) is 0 Å². The van der Waals surface area contributed by atoms with Gasteiger partial charge in [0.1, 0.15) is 5.52 Å². The molecule has 3 aromatic rings. The van der Waals surface area contributed by atoms with E-state index in [1.807, 2.05) is 0 Å². The summed E-state index contributed by atoms with van der Waals surface area (Å²) >= 11 is 6.14. The lowest BCUT2D eigenvalue weighted by atomic mass is 10.2. The highest BCUT2D eigenvalue weighted by Gasteiger charge is 2.22. The van der Waals surface area contributed by atoms with E-state index in [9.17, 15) is 18.0 Å². The Morgan fingerprint density at radius 3 is 2.58 bits per heavy atom. The van der Waals surface area contributed by atoms with Crippen LogP contribution in [0.15, 0.2) is 52.2 Å². The molecule has 0 aliphatic heterocycles. The van der Waals surface area contributed by atoms with Gasteiger partial charge in [-0.15, -0.1) is 5.10 Å². The van der Waals surface area contributed by atoms with E-state index in [4.69, 9.17) is 11.6 Å². The number of nitrogens with one attached hydrogen (secondary N) is 1. The van der Waals surface area contributed by atoms with Gasteiger partial charge in [0.15, 0.2) is 0 Å². The van der Waals surface area contributed by atoms with E-state index in [1.54, 1.807) is 38.1 Å². The second kappa shape index (κ2) is 9.54. The molecule has 31 heavy (non-hydrogen) atoms. The Labute approximate surface area is 184 Å². The second-order valence-electron chi connectivity index (χ2n) is 6.66. The normalized spacial score (nSPS) is 11.7. The molecule has 0 atom stereocenters. The average Bonchev–Trinajstić information content (AvgIpc) is 2.75. The minimum Gasteiger partial charge on any atom is -0.325 e. The molecule has 1 N–H and O–H groups in total. The number of hydrogen-bond acceptors (Lipinski definition) is 6. The molecule has 1 aromatic heterocycles. The highest BCUT2D eigenvalue weighted by atomic mass is 35.5. The molecule has 9 nitrogen and oxygen atoms in total. The Kier molecular flexibility index (Phi) is 7.04. The first kappa shape index (κ1) is 22.9. The summed E-state index contributed by atoms with van der Waals surface area (Å²) in [6.07, 6.45) is -0.0731. The number of aromatic nitrogens is 3. The molecule has 11 heteroatoms. The number of nitrogens with zero attached hydrogens (tertiary/aromatic N) is 4. The van der Waals surface area contributed by atoms with Crippen molar-refractivity contribution in [2.75, 3.05) is 18.4 Å². The minimum atomic E-state index is -3.70. The largest absolute Gasteiger partial charge is 0.325 e. The fourth-order valence-electron chi connectivity index (χ4n) is 3.06. The van der Waals surface area contributed by atoms with Crippen molar-refractivity contribution in [1.29, 1.82) is 0 Å². The summed E-state index contributed by atoms with van der Waals surface area (Å²) < 4.78 is 27.9. The summed E-state index contributed by atoms with van der Waals surface area (Å²) in [5.74, 6) is -0.443. The van der Waals surface area contributed by atoms with E-state index in [1.165, 1.54) is 22.5 Å². The number of anilines is 1. The van der Waals surface area contributed by atoms with Crippen molar-refractivity contribution in [2.45, 2.75) is 31.7 Å². The zero-order chi connectivity index (χ0) is 22.6. The van der Waals surface area contributed by atoms with E-state index < -0.39 is 15.9 Å². The van der Waals surface area contributed by atoms with Crippen molar-refractivity contribution >= 4 is 44.1 Å². The zero-order valence-electron chi connectivity index (χ0n) is 17.1. The van der Waals surface area contributed by atoms with Gasteiger partial charge in [-0.2, -0.15) is 4.31 Å². The van der Waals surface area contributed by atoms with E-state index in [-0.39, 0.29) is 34.1 Å². The number of sulfonamides is 1. The molecule has 0 spiro atoms. The standard InChI is InChI=1S/C20H22ClN5O4S/c1-3-25(4-2)31(29,30)14-9-10-16(21)18(13-14)22-19(27)11-12-26-20(28)15-7-5-6-8-17(15)23-24-26/h5-10,13H,3-4,11-12H2,1-2H3,(H,22,27). The number of aryl methyl sites for hydroxylation is 1. The van der Waals surface area contributed by atoms with Crippen molar-refractivity contribution < 1.29 is 13.2 Å². The Bertz CT molecular complexity index is 1270. The molecule has 0 radical (unpaired) electrons. The monoisotopic (exact) mass is 463 g/mol. The molecule has 164 valence electrons. The molecule has 0 saturated heterocycles. The van der Waals surface area contributed by atoms with Gasteiger partial charge in [0.2, 0.25) is 15.9 Å². The molecule has 0 unspecified atom stereocenters. The first-order valence-electron chi connectivity index (χ1n) is 9.70. The van der Waals surface area contributed by atoms with Gasteiger partial charge >= 0.3 is 0 Å². The van der Waals surface area contributed by atoms with Crippen molar-refractivity contribution in [3.63, 3.8) is 0 Å². The molecular formula is C20H22ClN5O4S. The topological polar surface area (TPSA) is 114 Å². The van der Waals surface area contributed by atoms with Crippen LogP contribution < -0.4 is 10.9 Å². The van der Waals surface area contributed by atoms with Crippen LogP contribution in [0.4, 0.5) is 5.69 Å². The number of amides is 1. The fraction of sp³-hybridized carbons (Fsp3) is 0.300. The van der Waals surface area contributed by atoms with Crippen LogP contribution in [0.1, 0.15) is 20.3 Å². The molecule has 3 rings (SSSR count). The molecular weight excluding hydrogens is 442 g/mol. The van der Waals surface area contributed by atoms with Crippen LogP contribution in [0.5, 0.6) is 0 Å². The highest BCUT2D eigenvalue weighted by Crippen LogP contribution is 2.27. The number of fused-ring (bicyclic) bond motifs is 1. The van der Waals surface area contributed by atoms with Crippen LogP contribution in [0, 0.1) is 0 Å². The third-order valence-electron chi connectivity index (χ3n) is 4.74. The van der Waals surface area contributed by atoms with Crippen LogP contribution in [-0.4, -0.2) is 46.7 Å². The maximum absolute atomic E-state index is 12.7. The van der Waals surface area contributed by atoms with Crippen LogP contribution >= 0.6 is 11.6 Å². The smallest absolute Gasteiger partial charge is 0.277 e. The number of carbonyl (C=O) groups excluding carboxylic acids is 1. The quantitative estimate of drug-likeness (QED) is 0.549. The van der Waals surface area contributed by atoms with Crippen LogP contribution in [-0.2, 0) is 21.4 Å². The molecule has 2 aromatic carbocycles.